The summed E-state index contributed by atoms with van der Waals surface area (Å²) in [4.78, 5) is 6.90. The van der Waals surface area contributed by atoms with Crippen LogP contribution in [0.15, 0.2) is 95.1 Å². The lowest BCUT2D eigenvalue weighted by atomic mass is 9.94. The topological polar surface area (TPSA) is 63.4 Å². The van der Waals surface area contributed by atoms with E-state index >= 15 is 0 Å². The van der Waals surface area contributed by atoms with E-state index in [1.165, 1.54) is 5.56 Å². The average Bonchev–Trinajstić information content (AvgIpc) is 3.39. The van der Waals surface area contributed by atoms with Crippen molar-refractivity contribution >= 4 is 22.9 Å². The standard InChI is InChI=1S/C28H26N4O2S/c1-19-24(27-30-26(31-34-27)22-13-15-23(33-2)16-14-22)25(21-11-7-4-8-12-21)29-28(35)32(19)18-17-20-9-5-3-6-10-20/h3-16,25H,17-18H2,1-2H3,(H,29,35). The van der Waals surface area contributed by atoms with E-state index < -0.39 is 0 Å². The average molecular weight is 483 g/mol. The molecule has 0 bridgehead atoms. The van der Waals surface area contributed by atoms with Crippen molar-refractivity contribution in [3.8, 4) is 17.1 Å². The number of benzene rings is 3. The smallest absolute Gasteiger partial charge is 0.258 e. The van der Waals surface area contributed by atoms with Crippen LogP contribution in [0.25, 0.3) is 17.0 Å². The maximum atomic E-state index is 5.82. The molecule has 0 saturated carbocycles. The molecule has 0 fully saturated rings. The number of allylic oxidation sites excluding steroid dienone is 1. The van der Waals surface area contributed by atoms with E-state index in [1.54, 1.807) is 7.11 Å². The summed E-state index contributed by atoms with van der Waals surface area (Å²) in [5, 5.41) is 8.48. The fraction of sp³-hybridized carbons (Fsp3) is 0.179. The second kappa shape index (κ2) is 10.1. The Morgan fingerprint density at radius 2 is 1.66 bits per heavy atom. The van der Waals surface area contributed by atoms with Crippen LogP contribution in [-0.2, 0) is 6.42 Å². The highest BCUT2D eigenvalue weighted by Crippen LogP contribution is 2.37. The molecule has 7 heteroatoms. The third-order valence-corrected chi connectivity index (χ3v) is 6.54. The lowest BCUT2D eigenvalue weighted by Gasteiger charge is -2.37. The number of ether oxygens (including phenoxy) is 1. The summed E-state index contributed by atoms with van der Waals surface area (Å²) in [7, 11) is 1.64. The number of methoxy groups -OCH3 is 1. The summed E-state index contributed by atoms with van der Waals surface area (Å²) in [5.74, 6) is 1.78. The molecule has 0 amide bonds. The molecule has 3 aromatic carbocycles. The van der Waals surface area contributed by atoms with Gasteiger partial charge in [0.05, 0.1) is 18.7 Å². The van der Waals surface area contributed by atoms with E-state index in [0.717, 1.165) is 41.1 Å². The molecule has 1 N–H and O–H groups in total. The Hall–Kier alpha value is -3.97. The molecule has 1 atom stereocenters. The van der Waals surface area contributed by atoms with Gasteiger partial charge < -0.3 is 19.5 Å². The van der Waals surface area contributed by atoms with Gasteiger partial charge in [-0.3, -0.25) is 0 Å². The lowest BCUT2D eigenvalue weighted by Crippen LogP contribution is -2.46. The summed E-state index contributed by atoms with van der Waals surface area (Å²) >= 11 is 5.81. The molecule has 176 valence electrons. The minimum Gasteiger partial charge on any atom is -0.497 e. The Morgan fingerprint density at radius 1 is 0.971 bits per heavy atom. The Bertz CT molecular complexity index is 1330. The Balaban J connectivity index is 1.52. The van der Waals surface area contributed by atoms with Gasteiger partial charge in [0.25, 0.3) is 5.89 Å². The summed E-state index contributed by atoms with van der Waals surface area (Å²) in [6, 6.07) is 28.0. The highest BCUT2D eigenvalue weighted by atomic mass is 32.1. The van der Waals surface area contributed by atoms with Gasteiger partial charge in [0, 0.05) is 17.8 Å². The van der Waals surface area contributed by atoms with Gasteiger partial charge in [0.2, 0.25) is 5.82 Å². The first-order chi connectivity index (χ1) is 17.1. The molecule has 0 aliphatic carbocycles. The minimum absolute atomic E-state index is 0.194. The second-order valence-electron chi connectivity index (χ2n) is 8.33. The van der Waals surface area contributed by atoms with E-state index in [2.05, 4.69) is 58.7 Å². The highest BCUT2D eigenvalue weighted by molar-refractivity contribution is 7.80. The van der Waals surface area contributed by atoms with Crippen molar-refractivity contribution in [1.29, 1.82) is 0 Å². The largest absolute Gasteiger partial charge is 0.497 e. The zero-order chi connectivity index (χ0) is 24.2. The third kappa shape index (κ3) is 4.81. The molecule has 6 nitrogen and oxygen atoms in total. The van der Waals surface area contributed by atoms with E-state index in [-0.39, 0.29) is 6.04 Å². The van der Waals surface area contributed by atoms with Crippen LogP contribution in [0.4, 0.5) is 0 Å². The van der Waals surface area contributed by atoms with Gasteiger partial charge in [-0.1, -0.05) is 65.8 Å². The molecule has 0 radical (unpaired) electrons. The van der Waals surface area contributed by atoms with E-state index in [9.17, 15) is 0 Å². The minimum atomic E-state index is -0.194. The van der Waals surface area contributed by atoms with E-state index in [0.29, 0.717) is 16.8 Å². The summed E-state index contributed by atoms with van der Waals surface area (Å²) in [6.07, 6.45) is 0.865. The maximum absolute atomic E-state index is 5.82. The number of aromatic nitrogens is 2. The zero-order valence-corrected chi connectivity index (χ0v) is 20.5. The fourth-order valence-electron chi connectivity index (χ4n) is 4.30. The van der Waals surface area contributed by atoms with Gasteiger partial charge in [-0.15, -0.1) is 0 Å². The van der Waals surface area contributed by atoms with Crippen LogP contribution in [0, 0.1) is 0 Å². The van der Waals surface area contributed by atoms with Crippen molar-refractivity contribution < 1.29 is 9.26 Å². The molecule has 2 heterocycles. The molecule has 0 spiro atoms. The van der Waals surface area contributed by atoms with Crippen LogP contribution in [0.3, 0.4) is 0 Å². The van der Waals surface area contributed by atoms with Gasteiger partial charge in [-0.2, -0.15) is 4.98 Å². The Morgan fingerprint density at radius 3 is 2.34 bits per heavy atom. The molecule has 0 saturated heterocycles. The van der Waals surface area contributed by atoms with E-state index in [1.807, 2.05) is 48.5 Å². The molecule has 35 heavy (non-hydrogen) atoms. The SMILES string of the molecule is COc1ccc(-c2noc(C3=C(C)N(CCc4ccccc4)C(=S)NC3c3ccccc3)n2)cc1. The Labute approximate surface area is 210 Å². The van der Waals surface area contributed by atoms with Crippen molar-refractivity contribution in [2.45, 2.75) is 19.4 Å². The monoisotopic (exact) mass is 482 g/mol. The van der Waals surface area contributed by atoms with Crippen LogP contribution in [0.5, 0.6) is 5.75 Å². The molecule has 1 unspecified atom stereocenters. The second-order valence-corrected chi connectivity index (χ2v) is 8.72. The van der Waals surface area contributed by atoms with Crippen LogP contribution in [0.2, 0.25) is 0 Å². The number of hydrogen-bond acceptors (Lipinski definition) is 5. The maximum Gasteiger partial charge on any atom is 0.258 e. The summed E-state index contributed by atoms with van der Waals surface area (Å²) in [5.41, 5.74) is 5.12. The van der Waals surface area contributed by atoms with Crippen molar-refractivity contribution in [2.75, 3.05) is 13.7 Å². The van der Waals surface area contributed by atoms with Crippen molar-refractivity contribution in [1.82, 2.24) is 20.4 Å². The van der Waals surface area contributed by atoms with Crippen LogP contribution >= 0.6 is 12.2 Å². The van der Waals surface area contributed by atoms with Gasteiger partial charge in [0.1, 0.15) is 5.75 Å². The predicted molar refractivity (Wildman–Crippen MR) is 141 cm³/mol. The molecular formula is C28H26N4O2S. The van der Waals surface area contributed by atoms with Crippen molar-refractivity contribution in [2.24, 2.45) is 0 Å². The third-order valence-electron chi connectivity index (χ3n) is 6.20. The predicted octanol–water partition coefficient (Wildman–Crippen LogP) is 5.65. The van der Waals surface area contributed by atoms with Crippen molar-refractivity contribution in [3.05, 3.63) is 108 Å². The lowest BCUT2D eigenvalue weighted by molar-refractivity contribution is 0.397. The van der Waals surface area contributed by atoms with Crippen LogP contribution in [0.1, 0.15) is 30.0 Å². The van der Waals surface area contributed by atoms with Crippen LogP contribution in [-0.4, -0.2) is 33.8 Å². The summed E-state index contributed by atoms with van der Waals surface area (Å²) < 4.78 is 11.1. The first-order valence-electron chi connectivity index (χ1n) is 11.5. The first kappa shape index (κ1) is 22.8. The van der Waals surface area contributed by atoms with Gasteiger partial charge in [-0.05, 0) is 61.0 Å². The normalized spacial score (nSPS) is 15.8. The molecule has 1 aliphatic rings. The van der Waals surface area contributed by atoms with Gasteiger partial charge >= 0.3 is 0 Å². The summed E-state index contributed by atoms with van der Waals surface area (Å²) in [6.45, 7) is 2.81. The highest BCUT2D eigenvalue weighted by Gasteiger charge is 2.33. The molecular weight excluding hydrogens is 456 g/mol. The van der Waals surface area contributed by atoms with Crippen molar-refractivity contribution in [3.63, 3.8) is 0 Å². The van der Waals surface area contributed by atoms with Gasteiger partial charge in [0.15, 0.2) is 5.11 Å². The molecule has 1 aliphatic heterocycles. The molecule has 1 aromatic heterocycles. The first-order valence-corrected chi connectivity index (χ1v) is 11.9. The molecule has 5 rings (SSSR count). The number of rotatable bonds is 7. The number of nitrogens with one attached hydrogen (secondary N) is 1. The molecule has 4 aromatic rings. The zero-order valence-electron chi connectivity index (χ0n) is 19.6. The quantitative estimate of drug-likeness (QED) is 0.342. The number of hydrogen-bond donors (Lipinski definition) is 1. The van der Waals surface area contributed by atoms with Gasteiger partial charge in [-0.25, -0.2) is 0 Å². The number of nitrogens with zero attached hydrogens (tertiary/aromatic N) is 3. The Kier molecular flexibility index (Phi) is 6.59. The fourth-order valence-corrected chi connectivity index (χ4v) is 4.65. The van der Waals surface area contributed by atoms with Crippen LogP contribution < -0.4 is 10.1 Å². The number of thiocarbonyl (C=S) groups is 1. The van der Waals surface area contributed by atoms with E-state index in [4.69, 9.17) is 26.5 Å².